The second-order valence-electron chi connectivity index (χ2n) is 8.54. The number of ether oxygens (including phenoxy) is 2. The Morgan fingerprint density at radius 3 is 2.74 bits per heavy atom. The first-order valence-corrected chi connectivity index (χ1v) is 12.7. The molecule has 1 aliphatic heterocycles. The van der Waals surface area contributed by atoms with Crippen LogP contribution >= 0.6 is 11.8 Å². The lowest BCUT2D eigenvalue weighted by Gasteiger charge is -2.26. The lowest BCUT2D eigenvalue weighted by molar-refractivity contribution is -0.119. The summed E-state index contributed by atoms with van der Waals surface area (Å²) in [5.41, 5.74) is 4.35. The van der Waals surface area contributed by atoms with Crippen LogP contribution in [0.5, 0.6) is 11.5 Å². The number of aryl methyl sites for hydroxylation is 1. The fraction of sp³-hybridized carbons (Fsp3) is 0.222. The zero-order valence-electron chi connectivity index (χ0n) is 19.0. The molecule has 2 aliphatic rings. The summed E-state index contributed by atoms with van der Waals surface area (Å²) in [5, 5.41) is 12.8. The Balaban J connectivity index is 1.24. The number of rotatable bonds is 6. The van der Waals surface area contributed by atoms with Gasteiger partial charge in [-0.05, 0) is 60.7 Å². The van der Waals surface area contributed by atoms with Crippen LogP contribution in [0.25, 0.3) is 17.1 Å². The van der Waals surface area contributed by atoms with Crippen molar-refractivity contribution in [2.75, 3.05) is 12.5 Å². The fourth-order valence-corrected chi connectivity index (χ4v) is 5.43. The van der Waals surface area contributed by atoms with E-state index in [9.17, 15) is 4.79 Å². The Morgan fingerprint density at radius 1 is 1.00 bits per heavy atom. The molecule has 1 aliphatic carbocycles. The molecule has 1 unspecified atom stereocenters. The number of hydrogen-bond donors (Lipinski definition) is 1. The molecular formula is C27H24N4O3S. The van der Waals surface area contributed by atoms with Crippen LogP contribution in [-0.4, -0.2) is 33.2 Å². The molecule has 0 bridgehead atoms. The maximum Gasteiger partial charge on any atom is 0.231 e. The number of benzene rings is 3. The molecule has 0 saturated heterocycles. The largest absolute Gasteiger partial charge is 0.454 e. The van der Waals surface area contributed by atoms with Crippen LogP contribution < -0.4 is 14.8 Å². The van der Waals surface area contributed by atoms with Crippen LogP contribution in [0.3, 0.4) is 0 Å². The van der Waals surface area contributed by atoms with Crippen LogP contribution in [-0.2, 0) is 11.2 Å². The minimum absolute atomic E-state index is 0.0102. The summed E-state index contributed by atoms with van der Waals surface area (Å²) < 4.78 is 13.0. The molecule has 1 aromatic heterocycles. The lowest BCUT2D eigenvalue weighted by atomic mass is 9.88. The summed E-state index contributed by atoms with van der Waals surface area (Å²) in [7, 11) is 0. The SMILES string of the molecule is O=C(CSc1nnc(-c2ccc3c(c2)OCO3)n1-c1ccccc1)NC1CCCc2ccccc21. The van der Waals surface area contributed by atoms with Crippen LogP contribution in [0.2, 0.25) is 0 Å². The van der Waals surface area contributed by atoms with E-state index in [1.807, 2.05) is 59.2 Å². The maximum atomic E-state index is 12.9. The predicted molar refractivity (Wildman–Crippen MR) is 134 cm³/mol. The van der Waals surface area contributed by atoms with Gasteiger partial charge in [0, 0.05) is 11.3 Å². The Kier molecular flexibility index (Phi) is 5.88. The van der Waals surface area contributed by atoms with Gasteiger partial charge in [0.2, 0.25) is 12.7 Å². The highest BCUT2D eigenvalue weighted by Crippen LogP contribution is 2.37. The molecule has 0 spiro atoms. The average molecular weight is 485 g/mol. The first kappa shape index (κ1) is 21.7. The normalized spacial score (nSPS) is 16.1. The molecule has 3 aromatic carbocycles. The second kappa shape index (κ2) is 9.46. The van der Waals surface area contributed by atoms with Gasteiger partial charge in [-0.1, -0.05) is 54.2 Å². The summed E-state index contributed by atoms with van der Waals surface area (Å²) in [5.74, 6) is 2.33. The number of thioether (sulfide) groups is 1. The fourth-order valence-electron chi connectivity index (χ4n) is 4.67. The van der Waals surface area contributed by atoms with Gasteiger partial charge in [0.1, 0.15) is 0 Å². The van der Waals surface area contributed by atoms with Crippen molar-refractivity contribution >= 4 is 17.7 Å². The van der Waals surface area contributed by atoms with E-state index in [0.717, 1.165) is 36.3 Å². The quantitative estimate of drug-likeness (QED) is 0.390. The van der Waals surface area contributed by atoms with Gasteiger partial charge < -0.3 is 14.8 Å². The molecule has 1 amide bonds. The maximum absolute atomic E-state index is 12.9. The monoisotopic (exact) mass is 484 g/mol. The Bertz CT molecular complexity index is 1370. The third-order valence-corrected chi connectivity index (χ3v) is 7.24. The lowest BCUT2D eigenvalue weighted by Crippen LogP contribution is -2.32. The van der Waals surface area contributed by atoms with Crippen molar-refractivity contribution < 1.29 is 14.3 Å². The number of amides is 1. The first-order chi connectivity index (χ1) is 17.3. The van der Waals surface area contributed by atoms with Crippen molar-refractivity contribution in [3.63, 3.8) is 0 Å². The third kappa shape index (κ3) is 4.37. The number of para-hydroxylation sites is 1. The molecular weight excluding hydrogens is 460 g/mol. The standard InChI is InChI=1S/C27H24N4O3S/c32-25(28-22-12-6-8-18-7-4-5-11-21(18)22)16-35-27-30-29-26(31(27)20-9-2-1-3-10-20)19-13-14-23-24(15-19)34-17-33-23/h1-5,7,9-11,13-15,22H,6,8,12,16-17H2,(H,28,32). The van der Waals surface area contributed by atoms with Crippen molar-refractivity contribution in [1.82, 2.24) is 20.1 Å². The van der Waals surface area contributed by atoms with Gasteiger partial charge in [-0.25, -0.2) is 0 Å². The van der Waals surface area contributed by atoms with Crippen molar-refractivity contribution in [2.45, 2.75) is 30.5 Å². The summed E-state index contributed by atoms with van der Waals surface area (Å²) in [6, 6.07) is 24.1. The van der Waals surface area contributed by atoms with Gasteiger partial charge >= 0.3 is 0 Å². The Hall–Kier alpha value is -3.78. The van der Waals surface area contributed by atoms with Crippen LogP contribution in [0.15, 0.2) is 78.0 Å². The van der Waals surface area contributed by atoms with Gasteiger partial charge in [-0.3, -0.25) is 9.36 Å². The second-order valence-corrected chi connectivity index (χ2v) is 9.49. The van der Waals surface area contributed by atoms with Crippen LogP contribution in [0.4, 0.5) is 0 Å². The summed E-state index contributed by atoms with van der Waals surface area (Å²) in [6.07, 6.45) is 3.11. The number of carbonyl (C=O) groups is 1. The molecule has 0 radical (unpaired) electrons. The van der Waals surface area contributed by atoms with Gasteiger partial charge in [0.25, 0.3) is 0 Å². The minimum atomic E-state index is -0.0102. The van der Waals surface area contributed by atoms with E-state index in [-0.39, 0.29) is 24.5 Å². The smallest absolute Gasteiger partial charge is 0.231 e. The average Bonchev–Trinajstić information content (AvgIpc) is 3.55. The van der Waals surface area contributed by atoms with Gasteiger partial charge in [-0.2, -0.15) is 0 Å². The van der Waals surface area contributed by atoms with E-state index >= 15 is 0 Å². The van der Waals surface area contributed by atoms with E-state index in [0.29, 0.717) is 16.7 Å². The number of aromatic nitrogens is 3. The number of nitrogens with zero attached hydrogens (tertiary/aromatic N) is 3. The number of hydrogen-bond acceptors (Lipinski definition) is 6. The Labute approximate surface area is 207 Å². The summed E-state index contributed by atoms with van der Waals surface area (Å²) in [4.78, 5) is 12.9. The Morgan fingerprint density at radius 2 is 1.83 bits per heavy atom. The highest BCUT2D eigenvalue weighted by molar-refractivity contribution is 7.99. The van der Waals surface area contributed by atoms with E-state index in [1.165, 1.54) is 22.9 Å². The third-order valence-electron chi connectivity index (χ3n) is 6.32. The van der Waals surface area contributed by atoms with Crippen molar-refractivity contribution in [3.05, 3.63) is 83.9 Å². The first-order valence-electron chi connectivity index (χ1n) is 11.7. The van der Waals surface area contributed by atoms with Gasteiger partial charge in [-0.15, -0.1) is 10.2 Å². The molecule has 1 atom stereocenters. The van der Waals surface area contributed by atoms with Crippen molar-refractivity contribution in [1.29, 1.82) is 0 Å². The van der Waals surface area contributed by atoms with Gasteiger partial charge in [0.15, 0.2) is 22.5 Å². The summed E-state index contributed by atoms with van der Waals surface area (Å²) >= 11 is 1.38. The van der Waals surface area contributed by atoms with Crippen molar-refractivity contribution in [3.8, 4) is 28.6 Å². The minimum Gasteiger partial charge on any atom is -0.454 e. The van der Waals surface area contributed by atoms with E-state index in [4.69, 9.17) is 9.47 Å². The highest BCUT2D eigenvalue weighted by Gasteiger charge is 2.23. The molecule has 2 heterocycles. The van der Waals surface area contributed by atoms with Crippen LogP contribution in [0.1, 0.15) is 30.0 Å². The molecule has 176 valence electrons. The molecule has 7 nitrogen and oxygen atoms in total. The molecule has 6 rings (SSSR count). The van der Waals surface area contributed by atoms with Gasteiger partial charge in [0.05, 0.1) is 11.8 Å². The predicted octanol–water partition coefficient (Wildman–Crippen LogP) is 4.95. The van der Waals surface area contributed by atoms with E-state index in [1.54, 1.807) is 0 Å². The van der Waals surface area contributed by atoms with E-state index in [2.05, 4.69) is 33.7 Å². The molecule has 35 heavy (non-hydrogen) atoms. The molecule has 1 N–H and O–H groups in total. The number of fused-ring (bicyclic) bond motifs is 2. The molecule has 8 heteroatoms. The zero-order valence-corrected chi connectivity index (χ0v) is 19.8. The highest BCUT2D eigenvalue weighted by atomic mass is 32.2. The van der Waals surface area contributed by atoms with Crippen molar-refractivity contribution in [2.24, 2.45) is 0 Å². The molecule has 4 aromatic rings. The zero-order chi connectivity index (χ0) is 23.6. The number of carbonyl (C=O) groups excluding carboxylic acids is 1. The van der Waals surface area contributed by atoms with E-state index < -0.39 is 0 Å². The summed E-state index contributed by atoms with van der Waals surface area (Å²) in [6.45, 7) is 0.214. The topological polar surface area (TPSA) is 78.3 Å². The molecule has 0 saturated carbocycles. The number of nitrogens with one attached hydrogen (secondary N) is 1. The van der Waals surface area contributed by atoms with Crippen LogP contribution in [0, 0.1) is 0 Å². The molecule has 0 fully saturated rings.